The zero-order valence-corrected chi connectivity index (χ0v) is 23.6. The summed E-state index contributed by atoms with van der Waals surface area (Å²) < 4.78 is 34.0. The van der Waals surface area contributed by atoms with Crippen LogP contribution in [0.5, 0.6) is 5.75 Å². The first-order valence-electron chi connectivity index (χ1n) is 11.8. The van der Waals surface area contributed by atoms with Gasteiger partial charge >= 0.3 is 0 Å². The highest BCUT2D eigenvalue weighted by atomic mass is 35.5. The normalized spacial score (nSPS) is 11.9. The van der Waals surface area contributed by atoms with E-state index in [1.54, 1.807) is 55.5 Å². The molecule has 0 aliphatic rings. The fraction of sp³-hybridized carbons (Fsp3) is 0.259. The predicted octanol–water partition coefficient (Wildman–Crippen LogP) is 4.75. The second-order valence-electron chi connectivity index (χ2n) is 8.33. The molecule has 0 saturated carbocycles. The molecule has 0 heterocycles. The minimum Gasteiger partial charge on any atom is -0.494 e. The molecule has 11 heteroatoms. The van der Waals surface area contributed by atoms with Gasteiger partial charge in [-0.1, -0.05) is 35.3 Å². The number of sulfonamides is 1. The highest BCUT2D eigenvalue weighted by Crippen LogP contribution is 2.27. The van der Waals surface area contributed by atoms with Crippen LogP contribution in [-0.4, -0.2) is 51.4 Å². The van der Waals surface area contributed by atoms with Crippen LogP contribution < -0.4 is 14.4 Å². The van der Waals surface area contributed by atoms with Crippen LogP contribution in [0.15, 0.2) is 77.7 Å². The van der Waals surface area contributed by atoms with Gasteiger partial charge in [0.1, 0.15) is 18.3 Å². The molecule has 38 heavy (non-hydrogen) atoms. The van der Waals surface area contributed by atoms with Gasteiger partial charge in [0.25, 0.3) is 10.0 Å². The van der Waals surface area contributed by atoms with E-state index in [-0.39, 0.29) is 23.0 Å². The van der Waals surface area contributed by atoms with Crippen LogP contribution in [0.1, 0.15) is 19.4 Å². The van der Waals surface area contributed by atoms with Gasteiger partial charge < -0.3 is 15.0 Å². The molecule has 0 spiro atoms. The van der Waals surface area contributed by atoms with Gasteiger partial charge in [-0.15, -0.1) is 0 Å². The maximum absolute atomic E-state index is 13.8. The summed E-state index contributed by atoms with van der Waals surface area (Å²) in [4.78, 5) is 27.6. The van der Waals surface area contributed by atoms with Gasteiger partial charge in [0, 0.05) is 23.6 Å². The highest BCUT2D eigenvalue weighted by Gasteiger charge is 2.32. The number of anilines is 1. The summed E-state index contributed by atoms with van der Waals surface area (Å²) in [7, 11) is -2.71. The van der Waals surface area contributed by atoms with E-state index < -0.39 is 28.5 Å². The Morgan fingerprint density at radius 3 is 2.00 bits per heavy atom. The summed E-state index contributed by atoms with van der Waals surface area (Å²) in [6, 6.07) is 18.1. The standard InChI is InChI=1S/C27H29Cl2N3O5S/c1-4-37-24-13-11-23(12-14-24)32(38(35,36)25-15-9-22(29)10-16-25)18-26(33)31(19(2)27(34)30-3)17-20-5-7-21(28)8-6-20/h5-16,19H,4,17-18H2,1-3H3,(H,30,34)/t19-/m0/s1. The third-order valence-electron chi connectivity index (χ3n) is 5.80. The molecule has 3 aromatic carbocycles. The quantitative estimate of drug-likeness (QED) is 0.354. The van der Waals surface area contributed by atoms with Crippen molar-refractivity contribution >= 4 is 50.7 Å². The number of carbonyl (C=O) groups is 2. The molecule has 0 bridgehead atoms. The van der Waals surface area contributed by atoms with E-state index in [0.717, 1.165) is 9.87 Å². The molecule has 0 radical (unpaired) electrons. The van der Waals surface area contributed by atoms with E-state index >= 15 is 0 Å². The number of carbonyl (C=O) groups excluding carboxylic acids is 2. The summed E-state index contributed by atoms with van der Waals surface area (Å²) in [5, 5.41) is 3.45. The average Bonchev–Trinajstić information content (AvgIpc) is 2.91. The van der Waals surface area contributed by atoms with Crippen molar-refractivity contribution in [2.75, 3.05) is 24.5 Å². The second kappa shape index (κ2) is 13.0. The summed E-state index contributed by atoms with van der Waals surface area (Å²) in [6.07, 6.45) is 0. The van der Waals surface area contributed by atoms with Crippen molar-refractivity contribution in [1.29, 1.82) is 0 Å². The maximum atomic E-state index is 13.8. The second-order valence-corrected chi connectivity index (χ2v) is 11.1. The Morgan fingerprint density at radius 2 is 1.47 bits per heavy atom. The molecule has 0 aliphatic carbocycles. The number of hydrogen-bond donors (Lipinski definition) is 1. The Balaban J connectivity index is 2.02. The Morgan fingerprint density at radius 1 is 0.921 bits per heavy atom. The third kappa shape index (κ3) is 7.18. The summed E-state index contributed by atoms with van der Waals surface area (Å²) in [6.45, 7) is 3.40. The Labute approximate surface area is 233 Å². The molecule has 0 aliphatic heterocycles. The lowest BCUT2D eigenvalue weighted by Crippen LogP contribution is -2.50. The van der Waals surface area contributed by atoms with Crippen LogP contribution in [0.4, 0.5) is 5.69 Å². The number of hydrogen-bond acceptors (Lipinski definition) is 5. The van der Waals surface area contributed by atoms with Crippen LogP contribution in [0.25, 0.3) is 0 Å². The fourth-order valence-electron chi connectivity index (χ4n) is 3.72. The number of halogens is 2. The number of benzene rings is 3. The monoisotopic (exact) mass is 577 g/mol. The molecule has 0 fully saturated rings. The van der Waals surface area contributed by atoms with Gasteiger partial charge in [0.15, 0.2) is 0 Å². The first-order chi connectivity index (χ1) is 18.1. The van der Waals surface area contributed by atoms with E-state index in [0.29, 0.717) is 22.4 Å². The summed E-state index contributed by atoms with van der Waals surface area (Å²) in [5.74, 6) is -0.396. The van der Waals surface area contributed by atoms with Crippen LogP contribution in [0.3, 0.4) is 0 Å². The molecule has 1 atom stereocenters. The Hall–Kier alpha value is -3.27. The lowest BCUT2D eigenvalue weighted by molar-refractivity contribution is -0.139. The van der Waals surface area contributed by atoms with Gasteiger partial charge in [-0.3, -0.25) is 13.9 Å². The highest BCUT2D eigenvalue weighted by molar-refractivity contribution is 7.92. The van der Waals surface area contributed by atoms with Crippen molar-refractivity contribution in [3.8, 4) is 5.75 Å². The molecule has 0 aromatic heterocycles. The van der Waals surface area contributed by atoms with Crippen molar-refractivity contribution in [3.63, 3.8) is 0 Å². The summed E-state index contributed by atoms with van der Waals surface area (Å²) >= 11 is 12.0. The molecular formula is C27H29Cl2N3O5S. The van der Waals surface area contributed by atoms with Crippen molar-refractivity contribution < 1.29 is 22.7 Å². The van der Waals surface area contributed by atoms with Crippen LogP contribution in [0, 0.1) is 0 Å². The SMILES string of the molecule is CCOc1ccc(N(CC(=O)N(Cc2ccc(Cl)cc2)[C@@H](C)C(=O)NC)S(=O)(=O)c2ccc(Cl)cc2)cc1. The minimum absolute atomic E-state index is 0.0350. The van der Waals surface area contributed by atoms with E-state index in [9.17, 15) is 18.0 Å². The van der Waals surface area contributed by atoms with Gasteiger partial charge in [0.2, 0.25) is 11.8 Å². The van der Waals surface area contributed by atoms with E-state index in [1.807, 2.05) is 6.92 Å². The molecule has 0 saturated heterocycles. The molecule has 2 amide bonds. The van der Waals surface area contributed by atoms with E-state index in [1.165, 1.54) is 36.2 Å². The number of amides is 2. The third-order valence-corrected chi connectivity index (χ3v) is 8.09. The first-order valence-corrected chi connectivity index (χ1v) is 14.0. The molecule has 202 valence electrons. The lowest BCUT2D eigenvalue weighted by Gasteiger charge is -2.31. The fourth-order valence-corrected chi connectivity index (χ4v) is 5.38. The summed E-state index contributed by atoms with van der Waals surface area (Å²) in [5.41, 5.74) is 0.988. The number of rotatable bonds is 11. The first kappa shape index (κ1) is 29.3. The maximum Gasteiger partial charge on any atom is 0.264 e. The number of ether oxygens (including phenoxy) is 1. The van der Waals surface area contributed by atoms with E-state index in [4.69, 9.17) is 27.9 Å². The van der Waals surface area contributed by atoms with Gasteiger partial charge in [-0.05, 0) is 80.1 Å². The smallest absolute Gasteiger partial charge is 0.264 e. The van der Waals surface area contributed by atoms with Gasteiger partial charge in [-0.25, -0.2) is 8.42 Å². The molecule has 8 nitrogen and oxygen atoms in total. The van der Waals surface area contributed by atoms with Crippen LogP contribution in [0.2, 0.25) is 10.0 Å². The molecular weight excluding hydrogens is 549 g/mol. The van der Waals surface area contributed by atoms with Gasteiger partial charge in [0.05, 0.1) is 17.2 Å². The predicted molar refractivity (Wildman–Crippen MR) is 149 cm³/mol. The van der Waals surface area contributed by atoms with E-state index in [2.05, 4.69) is 5.32 Å². The topological polar surface area (TPSA) is 96.0 Å². The minimum atomic E-state index is -4.19. The number of nitrogens with zero attached hydrogens (tertiary/aromatic N) is 2. The van der Waals surface area contributed by atoms with Crippen molar-refractivity contribution in [2.45, 2.75) is 31.3 Å². The molecule has 0 unspecified atom stereocenters. The zero-order chi connectivity index (χ0) is 27.9. The lowest BCUT2D eigenvalue weighted by atomic mass is 10.1. The Bertz CT molecular complexity index is 1350. The van der Waals surface area contributed by atoms with Crippen molar-refractivity contribution in [2.24, 2.45) is 0 Å². The number of likely N-dealkylation sites (N-methyl/N-ethyl adjacent to an activating group) is 1. The largest absolute Gasteiger partial charge is 0.494 e. The van der Waals surface area contributed by atoms with Gasteiger partial charge in [-0.2, -0.15) is 0 Å². The molecule has 3 rings (SSSR count). The molecule has 1 N–H and O–H groups in total. The van der Waals surface area contributed by atoms with Crippen LogP contribution in [-0.2, 0) is 26.2 Å². The van der Waals surface area contributed by atoms with Crippen molar-refractivity contribution in [1.82, 2.24) is 10.2 Å². The number of nitrogens with one attached hydrogen (secondary N) is 1. The average molecular weight is 579 g/mol. The van der Waals surface area contributed by atoms with Crippen molar-refractivity contribution in [3.05, 3.63) is 88.4 Å². The molecule has 3 aromatic rings. The zero-order valence-electron chi connectivity index (χ0n) is 21.2. The Kier molecular flexibility index (Phi) is 10.0. The van der Waals surface area contributed by atoms with Crippen LogP contribution >= 0.6 is 23.2 Å².